The number of rotatable bonds is 4. The zero-order valence-corrected chi connectivity index (χ0v) is 9.81. The van der Waals surface area contributed by atoms with Crippen LogP contribution in [0.4, 0.5) is 4.79 Å². The van der Waals surface area contributed by atoms with Gasteiger partial charge >= 0.3 is 6.09 Å². The molecule has 0 aromatic heterocycles. The quantitative estimate of drug-likeness (QED) is 0.687. The van der Waals surface area contributed by atoms with E-state index in [1.54, 1.807) is 0 Å². The maximum atomic E-state index is 11.2. The third-order valence-electron chi connectivity index (χ3n) is 1.54. The summed E-state index contributed by atoms with van der Waals surface area (Å²) < 4.78 is 5.05. The highest BCUT2D eigenvalue weighted by Gasteiger charge is 2.15. The van der Waals surface area contributed by atoms with E-state index in [9.17, 15) is 4.79 Å². The van der Waals surface area contributed by atoms with Crippen molar-refractivity contribution in [1.29, 1.82) is 0 Å². The van der Waals surface area contributed by atoms with Crippen LogP contribution in [0.1, 0.15) is 47.5 Å². The van der Waals surface area contributed by atoms with E-state index >= 15 is 0 Å². The lowest BCUT2D eigenvalue weighted by atomic mass is 10.2. The summed E-state index contributed by atoms with van der Waals surface area (Å²) in [7, 11) is 0. The molecular formula is C10H22N2O2. The second kappa shape index (κ2) is 5.86. The fraction of sp³-hybridized carbons (Fsp3) is 0.900. The Morgan fingerprint density at radius 3 is 2.43 bits per heavy atom. The summed E-state index contributed by atoms with van der Waals surface area (Å²) in [5.74, 6) is 0. The molecule has 0 aromatic carbocycles. The Bertz CT molecular complexity index is 175. The fourth-order valence-electron chi connectivity index (χ4n) is 0.991. The topological polar surface area (TPSA) is 50.4 Å². The summed E-state index contributed by atoms with van der Waals surface area (Å²) in [5, 5.41) is 0. The average molecular weight is 202 g/mol. The number of hydrogen-bond acceptors (Lipinski definition) is 3. The van der Waals surface area contributed by atoms with Gasteiger partial charge in [-0.3, -0.25) is 5.43 Å². The van der Waals surface area contributed by atoms with Gasteiger partial charge in [-0.2, -0.15) is 0 Å². The predicted molar refractivity (Wildman–Crippen MR) is 56.9 cm³/mol. The van der Waals surface area contributed by atoms with Crippen LogP contribution in [-0.4, -0.2) is 17.7 Å². The van der Waals surface area contributed by atoms with E-state index in [0.29, 0.717) is 0 Å². The van der Waals surface area contributed by atoms with Crippen LogP contribution in [0.15, 0.2) is 0 Å². The molecule has 84 valence electrons. The molecule has 4 nitrogen and oxygen atoms in total. The molecule has 0 spiro atoms. The van der Waals surface area contributed by atoms with E-state index in [1.807, 2.05) is 27.7 Å². The van der Waals surface area contributed by atoms with E-state index in [0.717, 1.165) is 12.8 Å². The highest BCUT2D eigenvalue weighted by Crippen LogP contribution is 2.06. The van der Waals surface area contributed by atoms with E-state index in [-0.39, 0.29) is 6.04 Å². The summed E-state index contributed by atoms with van der Waals surface area (Å²) in [6.07, 6.45) is 1.68. The Labute approximate surface area is 86.4 Å². The Morgan fingerprint density at radius 2 is 2.00 bits per heavy atom. The molecule has 0 saturated heterocycles. The molecule has 0 bridgehead atoms. The maximum absolute atomic E-state index is 11.2. The van der Waals surface area contributed by atoms with Crippen molar-refractivity contribution in [3.63, 3.8) is 0 Å². The van der Waals surface area contributed by atoms with Crippen molar-refractivity contribution in [2.24, 2.45) is 0 Å². The van der Waals surface area contributed by atoms with Crippen LogP contribution in [0.25, 0.3) is 0 Å². The van der Waals surface area contributed by atoms with E-state index in [2.05, 4.69) is 17.8 Å². The van der Waals surface area contributed by atoms with Crippen LogP contribution < -0.4 is 10.9 Å². The van der Waals surface area contributed by atoms with Crippen LogP contribution >= 0.6 is 0 Å². The number of hydrogen-bond donors (Lipinski definition) is 2. The monoisotopic (exact) mass is 202 g/mol. The standard InChI is InChI=1S/C10H22N2O2/c1-6-7-8(2)11-12-9(13)14-10(3,4)5/h8,11H,6-7H2,1-5H3,(H,12,13). The van der Waals surface area contributed by atoms with Gasteiger partial charge in [0.15, 0.2) is 0 Å². The Kier molecular flexibility index (Phi) is 5.53. The molecule has 0 fully saturated rings. The number of nitrogens with one attached hydrogen (secondary N) is 2. The second-order valence-electron chi connectivity index (χ2n) is 4.46. The first-order chi connectivity index (χ1) is 6.35. The number of amides is 1. The summed E-state index contributed by atoms with van der Waals surface area (Å²) in [6.45, 7) is 9.62. The van der Waals surface area contributed by atoms with Gasteiger partial charge in [-0.05, 0) is 34.1 Å². The third-order valence-corrected chi connectivity index (χ3v) is 1.54. The maximum Gasteiger partial charge on any atom is 0.422 e. The van der Waals surface area contributed by atoms with Crippen molar-refractivity contribution in [2.45, 2.75) is 59.1 Å². The van der Waals surface area contributed by atoms with E-state index in [4.69, 9.17) is 4.74 Å². The van der Waals surface area contributed by atoms with Crippen LogP contribution in [0.5, 0.6) is 0 Å². The Balaban J connectivity index is 3.64. The molecule has 0 radical (unpaired) electrons. The molecule has 2 N–H and O–H groups in total. The molecule has 0 saturated carbocycles. The largest absolute Gasteiger partial charge is 0.443 e. The summed E-state index contributed by atoms with van der Waals surface area (Å²) in [6, 6.07) is 0.271. The van der Waals surface area contributed by atoms with Gasteiger partial charge in [-0.25, -0.2) is 10.2 Å². The second-order valence-corrected chi connectivity index (χ2v) is 4.46. The highest BCUT2D eigenvalue weighted by atomic mass is 16.6. The van der Waals surface area contributed by atoms with Gasteiger partial charge in [0.2, 0.25) is 0 Å². The van der Waals surface area contributed by atoms with Crippen molar-refractivity contribution < 1.29 is 9.53 Å². The first kappa shape index (κ1) is 13.2. The minimum atomic E-state index is -0.445. The lowest BCUT2D eigenvalue weighted by Gasteiger charge is -2.21. The molecule has 1 atom stereocenters. The Morgan fingerprint density at radius 1 is 1.43 bits per heavy atom. The molecule has 4 heteroatoms. The number of carbonyl (C=O) groups is 1. The van der Waals surface area contributed by atoms with E-state index in [1.165, 1.54) is 0 Å². The van der Waals surface area contributed by atoms with Gasteiger partial charge in [-0.1, -0.05) is 13.3 Å². The molecule has 0 aliphatic carbocycles. The number of carbonyl (C=O) groups excluding carboxylic acids is 1. The SMILES string of the molecule is CCCC(C)NNC(=O)OC(C)(C)C. The van der Waals surface area contributed by atoms with Crippen molar-refractivity contribution in [3.05, 3.63) is 0 Å². The zero-order chi connectivity index (χ0) is 11.2. The normalized spacial score (nSPS) is 13.5. The molecule has 1 unspecified atom stereocenters. The van der Waals surface area contributed by atoms with Crippen LogP contribution in [0.3, 0.4) is 0 Å². The summed E-state index contributed by atoms with van der Waals surface area (Å²) in [5.41, 5.74) is 4.95. The van der Waals surface area contributed by atoms with E-state index < -0.39 is 11.7 Å². The smallest absolute Gasteiger partial charge is 0.422 e. The molecule has 0 heterocycles. The third kappa shape index (κ3) is 7.86. The number of hydrazine groups is 1. The molecule has 1 amide bonds. The first-order valence-electron chi connectivity index (χ1n) is 5.09. The first-order valence-corrected chi connectivity index (χ1v) is 5.09. The van der Waals surface area contributed by atoms with Crippen LogP contribution in [-0.2, 0) is 4.74 Å². The van der Waals surface area contributed by atoms with Crippen molar-refractivity contribution in [1.82, 2.24) is 10.9 Å². The summed E-state index contributed by atoms with van der Waals surface area (Å²) in [4.78, 5) is 11.2. The average Bonchev–Trinajstić information content (AvgIpc) is 1.98. The lowest BCUT2D eigenvalue weighted by Crippen LogP contribution is -2.45. The fourth-order valence-corrected chi connectivity index (χ4v) is 0.991. The van der Waals surface area contributed by atoms with Crippen LogP contribution in [0, 0.1) is 0 Å². The molecule has 0 aromatic rings. The van der Waals surface area contributed by atoms with Gasteiger partial charge < -0.3 is 4.74 Å². The Hall–Kier alpha value is -0.770. The van der Waals surface area contributed by atoms with Crippen LogP contribution in [0.2, 0.25) is 0 Å². The summed E-state index contributed by atoms with van der Waals surface area (Å²) >= 11 is 0. The lowest BCUT2D eigenvalue weighted by molar-refractivity contribution is 0.0488. The highest BCUT2D eigenvalue weighted by molar-refractivity contribution is 5.66. The van der Waals surface area contributed by atoms with Crippen molar-refractivity contribution in [2.75, 3.05) is 0 Å². The minimum Gasteiger partial charge on any atom is -0.443 e. The predicted octanol–water partition coefficient (Wildman–Crippen LogP) is 2.20. The molecule has 0 aliphatic heterocycles. The molecular weight excluding hydrogens is 180 g/mol. The van der Waals surface area contributed by atoms with Gasteiger partial charge in [-0.15, -0.1) is 0 Å². The number of ether oxygens (including phenoxy) is 1. The molecule has 14 heavy (non-hydrogen) atoms. The molecule has 0 aliphatic rings. The van der Waals surface area contributed by atoms with Crippen molar-refractivity contribution in [3.8, 4) is 0 Å². The van der Waals surface area contributed by atoms with Gasteiger partial charge in [0.1, 0.15) is 5.60 Å². The molecule has 0 rings (SSSR count). The van der Waals surface area contributed by atoms with Gasteiger partial charge in [0.25, 0.3) is 0 Å². The van der Waals surface area contributed by atoms with Gasteiger partial charge in [0, 0.05) is 6.04 Å². The van der Waals surface area contributed by atoms with Gasteiger partial charge in [0.05, 0.1) is 0 Å². The van der Waals surface area contributed by atoms with Crippen molar-refractivity contribution >= 4 is 6.09 Å². The minimum absolute atomic E-state index is 0.271. The zero-order valence-electron chi connectivity index (χ0n) is 9.81.